The van der Waals surface area contributed by atoms with Gasteiger partial charge in [-0.3, -0.25) is 4.79 Å². The minimum absolute atomic E-state index is 0.00787. The third-order valence-corrected chi connectivity index (χ3v) is 2.54. The van der Waals surface area contributed by atoms with Crippen LogP contribution in [0, 0.1) is 5.92 Å². The first-order valence-corrected chi connectivity index (χ1v) is 4.78. The summed E-state index contributed by atoms with van der Waals surface area (Å²) in [5, 5.41) is 0. The van der Waals surface area contributed by atoms with Crippen LogP contribution in [0.1, 0.15) is 19.3 Å². The highest BCUT2D eigenvalue weighted by atomic mass is 16.6. The average Bonchev–Trinajstić information content (AvgIpc) is 2.78. The standard InChI is InChI=1S/C9H15NO3/c10-8(6-1-2-6)3-9(11)13-7-4-12-5-7/h6-8H,1-5,10H2. The largest absolute Gasteiger partial charge is 0.457 e. The van der Waals surface area contributed by atoms with Crippen molar-refractivity contribution < 1.29 is 14.3 Å². The second-order valence-electron chi connectivity index (χ2n) is 3.85. The smallest absolute Gasteiger partial charge is 0.307 e. The lowest BCUT2D eigenvalue weighted by atomic mass is 10.1. The van der Waals surface area contributed by atoms with Crippen LogP contribution >= 0.6 is 0 Å². The zero-order valence-corrected chi connectivity index (χ0v) is 7.57. The molecule has 0 spiro atoms. The summed E-state index contributed by atoms with van der Waals surface area (Å²) in [7, 11) is 0. The molecular formula is C9H15NO3. The first-order chi connectivity index (χ1) is 6.25. The van der Waals surface area contributed by atoms with Gasteiger partial charge >= 0.3 is 5.97 Å². The predicted octanol–water partition coefficient (Wildman–Crippen LogP) is 0.0558. The Morgan fingerprint density at radius 2 is 2.23 bits per heavy atom. The summed E-state index contributed by atoms with van der Waals surface area (Å²) in [6.45, 7) is 1.09. The third-order valence-electron chi connectivity index (χ3n) is 2.54. The molecule has 74 valence electrons. The lowest BCUT2D eigenvalue weighted by Crippen LogP contribution is -2.39. The number of ether oxygens (including phenoxy) is 2. The van der Waals surface area contributed by atoms with E-state index in [0.717, 1.165) is 0 Å². The van der Waals surface area contributed by atoms with Crippen molar-refractivity contribution in [2.24, 2.45) is 11.7 Å². The van der Waals surface area contributed by atoms with E-state index in [0.29, 0.717) is 25.6 Å². The van der Waals surface area contributed by atoms with Gasteiger partial charge in [-0.05, 0) is 18.8 Å². The maximum Gasteiger partial charge on any atom is 0.307 e. The van der Waals surface area contributed by atoms with Crippen LogP contribution in [-0.4, -0.2) is 31.3 Å². The molecule has 13 heavy (non-hydrogen) atoms. The number of esters is 1. The minimum atomic E-state index is -0.173. The van der Waals surface area contributed by atoms with Crippen LogP contribution in [0.3, 0.4) is 0 Å². The molecule has 0 radical (unpaired) electrons. The Morgan fingerprint density at radius 1 is 1.54 bits per heavy atom. The molecule has 1 saturated heterocycles. The molecule has 1 unspecified atom stereocenters. The lowest BCUT2D eigenvalue weighted by molar-refractivity contribution is -0.172. The van der Waals surface area contributed by atoms with Gasteiger partial charge in [-0.1, -0.05) is 0 Å². The molecule has 1 heterocycles. The highest BCUT2D eigenvalue weighted by molar-refractivity contribution is 5.70. The number of nitrogens with two attached hydrogens (primary N) is 1. The van der Waals surface area contributed by atoms with Gasteiger partial charge in [0, 0.05) is 6.04 Å². The summed E-state index contributed by atoms with van der Waals surface area (Å²) in [5.41, 5.74) is 5.78. The Bertz CT molecular complexity index is 199. The molecule has 4 nitrogen and oxygen atoms in total. The molecule has 0 bridgehead atoms. The Balaban J connectivity index is 1.64. The highest BCUT2D eigenvalue weighted by Gasteiger charge is 2.31. The molecule has 2 fully saturated rings. The third kappa shape index (κ3) is 2.42. The van der Waals surface area contributed by atoms with Gasteiger partial charge in [0.05, 0.1) is 19.6 Å². The summed E-state index contributed by atoms with van der Waals surface area (Å²) in [6, 6.07) is 0.00787. The summed E-state index contributed by atoms with van der Waals surface area (Å²) < 4.78 is 9.98. The Morgan fingerprint density at radius 3 is 2.69 bits per heavy atom. The van der Waals surface area contributed by atoms with Gasteiger partial charge in [0.15, 0.2) is 0 Å². The van der Waals surface area contributed by atoms with Gasteiger partial charge < -0.3 is 15.2 Å². The fourth-order valence-electron chi connectivity index (χ4n) is 1.40. The SMILES string of the molecule is NC(CC(=O)OC1COC1)C1CC1. The molecule has 4 heteroatoms. The van der Waals surface area contributed by atoms with E-state index in [1.54, 1.807) is 0 Å². The van der Waals surface area contributed by atoms with E-state index in [1.165, 1.54) is 12.8 Å². The number of carbonyl (C=O) groups is 1. The summed E-state index contributed by atoms with van der Waals surface area (Å²) in [5.74, 6) is 0.387. The van der Waals surface area contributed by atoms with E-state index in [2.05, 4.69) is 0 Å². The fraction of sp³-hybridized carbons (Fsp3) is 0.889. The molecule has 1 atom stereocenters. The Labute approximate surface area is 77.4 Å². The van der Waals surface area contributed by atoms with Crippen LogP contribution in [0.5, 0.6) is 0 Å². The summed E-state index contributed by atoms with van der Waals surface area (Å²) in [6.07, 6.45) is 2.68. The second-order valence-corrected chi connectivity index (χ2v) is 3.85. The van der Waals surface area contributed by atoms with Crippen molar-refractivity contribution in [3.05, 3.63) is 0 Å². The molecule has 2 rings (SSSR count). The normalized spacial score (nSPS) is 25.0. The van der Waals surface area contributed by atoms with Crippen LogP contribution in [-0.2, 0) is 14.3 Å². The minimum Gasteiger partial charge on any atom is -0.457 e. The van der Waals surface area contributed by atoms with Crippen molar-refractivity contribution in [2.45, 2.75) is 31.4 Å². The molecule has 1 saturated carbocycles. The van der Waals surface area contributed by atoms with Crippen molar-refractivity contribution in [2.75, 3.05) is 13.2 Å². The topological polar surface area (TPSA) is 61.6 Å². The first kappa shape index (κ1) is 8.97. The van der Waals surface area contributed by atoms with Crippen molar-refractivity contribution >= 4 is 5.97 Å². The molecule has 2 aliphatic rings. The number of carbonyl (C=O) groups excluding carboxylic acids is 1. The van der Waals surface area contributed by atoms with Gasteiger partial charge in [0.25, 0.3) is 0 Å². The van der Waals surface area contributed by atoms with E-state index in [4.69, 9.17) is 15.2 Å². The van der Waals surface area contributed by atoms with Crippen molar-refractivity contribution in [1.82, 2.24) is 0 Å². The van der Waals surface area contributed by atoms with Crippen LogP contribution in [0.15, 0.2) is 0 Å². The van der Waals surface area contributed by atoms with E-state index in [1.807, 2.05) is 0 Å². The Hall–Kier alpha value is -0.610. The average molecular weight is 185 g/mol. The number of rotatable bonds is 4. The van der Waals surface area contributed by atoms with E-state index >= 15 is 0 Å². The maximum atomic E-state index is 11.2. The summed E-state index contributed by atoms with van der Waals surface area (Å²) >= 11 is 0. The zero-order valence-electron chi connectivity index (χ0n) is 7.57. The molecule has 1 aliphatic heterocycles. The van der Waals surface area contributed by atoms with E-state index in [-0.39, 0.29) is 18.1 Å². The highest BCUT2D eigenvalue weighted by Crippen LogP contribution is 2.32. The van der Waals surface area contributed by atoms with Gasteiger partial charge in [-0.25, -0.2) is 0 Å². The first-order valence-electron chi connectivity index (χ1n) is 4.78. The van der Waals surface area contributed by atoms with Gasteiger partial charge in [-0.2, -0.15) is 0 Å². The molecular weight excluding hydrogens is 170 g/mol. The van der Waals surface area contributed by atoms with Crippen LogP contribution in [0.4, 0.5) is 0 Å². The van der Waals surface area contributed by atoms with Gasteiger partial charge in [0.2, 0.25) is 0 Å². The van der Waals surface area contributed by atoms with E-state index in [9.17, 15) is 4.79 Å². The monoisotopic (exact) mass is 185 g/mol. The summed E-state index contributed by atoms with van der Waals surface area (Å²) in [4.78, 5) is 11.2. The molecule has 0 aromatic rings. The molecule has 0 amide bonds. The maximum absolute atomic E-state index is 11.2. The van der Waals surface area contributed by atoms with Gasteiger partial charge in [-0.15, -0.1) is 0 Å². The lowest BCUT2D eigenvalue weighted by Gasteiger charge is -2.26. The molecule has 0 aromatic carbocycles. The zero-order chi connectivity index (χ0) is 9.26. The Kier molecular flexibility index (Phi) is 2.51. The second kappa shape index (κ2) is 3.64. The quantitative estimate of drug-likeness (QED) is 0.629. The molecule has 1 aliphatic carbocycles. The predicted molar refractivity (Wildman–Crippen MR) is 46.0 cm³/mol. The number of hydrogen-bond acceptors (Lipinski definition) is 4. The van der Waals surface area contributed by atoms with Crippen LogP contribution < -0.4 is 5.73 Å². The molecule has 0 aromatic heterocycles. The van der Waals surface area contributed by atoms with Crippen molar-refractivity contribution in [3.63, 3.8) is 0 Å². The number of hydrogen-bond donors (Lipinski definition) is 1. The van der Waals surface area contributed by atoms with Gasteiger partial charge in [0.1, 0.15) is 6.10 Å². The van der Waals surface area contributed by atoms with E-state index < -0.39 is 0 Å². The van der Waals surface area contributed by atoms with Crippen molar-refractivity contribution in [1.29, 1.82) is 0 Å². The molecule has 2 N–H and O–H groups in total. The van der Waals surface area contributed by atoms with Crippen LogP contribution in [0.2, 0.25) is 0 Å². The fourth-order valence-corrected chi connectivity index (χ4v) is 1.40. The van der Waals surface area contributed by atoms with Crippen molar-refractivity contribution in [3.8, 4) is 0 Å². The van der Waals surface area contributed by atoms with Crippen LogP contribution in [0.25, 0.3) is 0 Å².